The van der Waals surface area contributed by atoms with Crippen LogP contribution in [0.3, 0.4) is 0 Å². The van der Waals surface area contributed by atoms with E-state index in [9.17, 15) is 9.00 Å². The second kappa shape index (κ2) is 7.88. The monoisotopic (exact) mass is 431 g/mol. The molecule has 1 aliphatic rings. The summed E-state index contributed by atoms with van der Waals surface area (Å²) in [5.41, 5.74) is 2.49. The van der Waals surface area contributed by atoms with Crippen LogP contribution < -0.4 is 14.8 Å². The summed E-state index contributed by atoms with van der Waals surface area (Å²) in [4.78, 5) is 13.1. The van der Waals surface area contributed by atoms with Crippen molar-refractivity contribution in [1.82, 2.24) is 9.78 Å². The van der Waals surface area contributed by atoms with E-state index in [0.29, 0.717) is 50.8 Å². The minimum absolute atomic E-state index is 0.318. The topological polar surface area (TPSA) is 82.5 Å². The van der Waals surface area contributed by atoms with Crippen molar-refractivity contribution in [2.24, 2.45) is 0 Å². The lowest BCUT2D eigenvalue weighted by molar-refractivity contribution is 0.102. The SMILES string of the molecule is COc1cccc(C(=O)Nc2c3c(nn2-c2cccc(Cl)c2)C[S@](=O)C3)c1OC. The first-order valence-electron chi connectivity index (χ1n) is 8.76. The van der Waals surface area contributed by atoms with Crippen LogP contribution in [0.25, 0.3) is 5.69 Å². The molecule has 0 aliphatic carbocycles. The van der Waals surface area contributed by atoms with Crippen molar-refractivity contribution < 1.29 is 18.5 Å². The van der Waals surface area contributed by atoms with Crippen LogP contribution in [0.1, 0.15) is 21.6 Å². The molecule has 0 saturated heterocycles. The third-order valence-electron chi connectivity index (χ3n) is 4.60. The maximum absolute atomic E-state index is 13.1. The van der Waals surface area contributed by atoms with Crippen LogP contribution in [-0.4, -0.2) is 34.1 Å². The molecule has 1 N–H and O–H groups in total. The van der Waals surface area contributed by atoms with Crippen molar-refractivity contribution in [3.63, 3.8) is 0 Å². The normalized spacial score (nSPS) is 15.1. The molecule has 150 valence electrons. The Hall–Kier alpha value is -2.84. The summed E-state index contributed by atoms with van der Waals surface area (Å²) in [5, 5.41) is 8.04. The highest BCUT2D eigenvalue weighted by atomic mass is 35.5. The van der Waals surface area contributed by atoms with E-state index in [2.05, 4.69) is 10.4 Å². The lowest BCUT2D eigenvalue weighted by Crippen LogP contribution is -2.17. The van der Waals surface area contributed by atoms with Gasteiger partial charge >= 0.3 is 0 Å². The van der Waals surface area contributed by atoms with E-state index in [-0.39, 0.29) is 5.91 Å². The Morgan fingerprint density at radius 1 is 1.17 bits per heavy atom. The van der Waals surface area contributed by atoms with Gasteiger partial charge in [-0.2, -0.15) is 5.10 Å². The molecule has 2 aromatic carbocycles. The summed E-state index contributed by atoms with van der Waals surface area (Å²) in [6, 6.07) is 12.2. The summed E-state index contributed by atoms with van der Waals surface area (Å²) in [6.07, 6.45) is 0. The van der Waals surface area contributed by atoms with Gasteiger partial charge in [-0.25, -0.2) is 4.68 Å². The van der Waals surface area contributed by atoms with Gasteiger partial charge in [-0.15, -0.1) is 0 Å². The third kappa shape index (κ3) is 3.61. The van der Waals surface area contributed by atoms with E-state index in [1.165, 1.54) is 14.2 Å². The second-order valence-electron chi connectivity index (χ2n) is 6.39. The molecule has 1 aromatic heterocycles. The summed E-state index contributed by atoms with van der Waals surface area (Å²) >= 11 is 6.13. The number of aromatic nitrogens is 2. The van der Waals surface area contributed by atoms with Crippen LogP contribution in [-0.2, 0) is 22.3 Å². The van der Waals surface area contributed by atoms with Crippen LogP contribution in [0.15, 0.2) is 42.5 Å². The maximum atomic E-state index is 13.1. The highest BCUT2D eigenvalue weighted by Crippen LogP contribution is 2.34. The third-order valence-corrected chi connectivity index (χ3v) is 6.04. The molecule has 0 unspecified atom stereocenters. The molecule has 0 fully saturated rings. The van der Waals surface area contributed by atoms with Crippen LogP contribution in [0, 0.1) is 0 Å². The number of carbonyl (C=O) groups is 1. The molecule has 9 heteroatoms. The average molecular weight is 432 g/mol. The Labute approximate surface area is 175 Å². The fourth-order valence-electron chi connectivity index (χ4n) is 3.29. The number of halogens is 1. The smallest absolute Gasteiger partial charge is 0.260 e. The first kappa shape index (κ1) is 19.5. The molecule has 1 amide bonds. The second-order valence-corrected chi connectivity index (χ2v) is 8.28. The number of ether oxygens (including phenoxy) is 2. The van der Waals surface area contributed by atoms with Crippen molar-refractivity contribution in [3.8, 4) is 17.2 Å². The predicted octanol–water partition coefficient (Wildman–Crippen LogP) is 3.56. The van der Waals surface area contributed by atoms with Crippen LogP contribution >= 0.6 is 11.6 Å². The van der Waals surface area contributed by atoms with E-state index < -0.39 is 10.8 Å². The molecule has 0 radical (unpaired) electrons. The molecule has 1 atom stereocenters. The average Bonchev–Trinajstić information content (AvgIpc) is 3.24. The Bertz CT molecular complexity index is 1130. The number of methoxy groups -OCH3 is 2. The minimum atomic E-state index is -1.04. The van der Waals surface area contributed by atoms with Crippen LogP contribution in [0.2, 0.25) is 5.02 Å². The standard InChI is InChI=1S/C20H18ClN3O4S/c1-27-17-8-4-7-14(18(17)28-2)20(25)22-19-15-10-29(26)11-16(15)23-24(19)13-6-3-5-12(21)9-13/h3-9H,10-11H2,1-2H3,(H,22,25)/t29-/m1/s1. The Kier molecular flexibility index (Phi) is 5.29. The Balaban J connectivity index is 1.78. The first-order valence-corrected chi connectivity index (χ1v) is 10.6. The molecule has 3 aromatic rings. The summed E-state index contributed by atoms with van der Waals surface area (Å²) in [7, 11) is 1.95. The van der Waals surface area contributed by atoms with Crippen molar-refractivity contribution in [2.45, 2.75) is 11.5 Å². The zero-order valence-corrected chi connectivity index (χ0v) is 17.3. The molecule has 0 bridgehead atoms. The number of hydrogen-bond acceptors (Lipinski definition) is 5. The molecule has 0 spiro atoms. The van der Waals surface area contributed by atoms with Gasteiger partial charge in [0.15, 0.2) is 11.5 Å². The number of rotatable bonds is 5. The van der Waals surface area contributed by atoms with Gasteiger partial charge in [0.2, 0.25) is 0 Å². The molecule has 4 rings (SSSR count). The molecule has 1 aliphatic heterocycles. The van der Waals surface area contributed by atoms with Gasteiger partial charge in [0.05, 0.1) is 42.7 Å². The number of hydrogen-bond donors (Lipinski definition) is 1. The van der Waals surface area contributed by atoms with Crippen LogP contribution in [0.5, 0.6) is 11.5 Å². The number of benzene rings is 2. The molecule has 0 saturated carbocycles. The molecular weight excluding hydrogens is 414 g/mol. The Morgan fingerprint density at radius 3 is 2.69 bits per heavy atom. The largest absolute Gasteiger partial charge is 0.493 e. The Morgan fingerprint density at radius 2 is 1.97 bits per heavy atom. The zero-order valence-electron chi connectivity index (χ0n) is 15.8. The van der Waals surface area contributed by atoms with Gasteiger partial charge in [-0.3, -0.25) is 9.00 Å². The maximum Gasteiger partial charge on any atom is 0.260 e. The number of nitrogens with one attached hydrogen (secondary N) is 1. The molecule has 2 heterocycles. The highest BCUT2D eigenvalue weighted by Gasteiger charge is 2.29. The lowest BCUT2D eigenvalue weighted by Gasteiger charge is -2.14. The number of carbonyl (C=O) groups excluding carboxylic acids is 1. The number of amides is 1. The first-order chi connectivity index (χ1) is 14.0. The van der Waals surface area contributed by atoms with E-state index in [4.69, 9.17) is 21.1 Å². The van der Waals surface area contributed by atoms with Crippen LogP contribution in [0.4, 0.5) is 5.82 Å². The number of anilines is 1. The van der Waals surface area contributed by atoms with Gasteiger partial charge in [-0.05, 0) is 30.3 Å². The van der Waals surface area contributed by atoms with E-state index in [1.54, 1.807) is 41.1 Å². The summed E-state index contributed by atoms with van der Waals surface area (Å²) in [6.45, 7) is 0. The molecule has 7 nitrogen and oxygen atoms in total. The van der Waals surface area contributed by atoms with Crippen molar-refractivity contribution in [3.05, 3.63) is 64.3 Å². The fraction of sp³-hybridized carbons (Fsp3) is 0.200. The van der Waals surface area contributed by atoms with Gasteiger partial charge in [-0.1, -0.05) is 23.7 Å². The quantitative estimate of drug-likeness (QED) is 0.668. The highest BCUT2D eigenvalue weighted by molar-refractivity contribution is 7.83. The molecule has 29 heavy (non-hydrogen) atoms. The van der Waals surface area contributed by atoms with Crippen molar-refractivity contribution in [1.29, 1.82) is 0 Å². The number of nitrogens with zero attached hydrogens (tertiary/aromatic N) is 2. The minimum Gasteiger partial charge on any atom is -0.493 e. The van der Waals surface area contributed by atoms with Crippen molar-refractivity contribution >= 4 is 34.1 Å². The van der Waals surface area contributed by atoms with E-state index in [1.807, 2.05) is 6.07 Å². The number of fused-ring (bicyclic) bond motifs is 1. The van der Waals surface area contributed by atoms with Gasteiger partial charge in [0.25, 0.3) is 5.91 Å². The van der Waals surface area contributed by atoms with Crippen molar-refractivity contribution in [2.75, 3.05) is 19.5 Å². The fourth-order valence-corrected chi connectivity index (χ4v) is 4.74. The zero-order chi connectivity index (χ0) is 20.5. The van der Waals surface area contributed by atoms with Gasteiger partial charge in [0, 0.05) is 21.4 Å². The lowest BCUT2D eigenvalue weighted by atomic mass is 10.1. The van der Waals surface area contributed by atoms with Gasteiger partial charge in [0.1, 0.15) is 5.82 Å². The van der Waals surface area contributed by atoms with E-state index >= 15 is 0 Å². The summed E-state index contributed by atoms with van der Waals surface area (Å²) in [5.74, 6) is 1.57. The van der Waals surface area contributed by atoms with E-state index in [0.717, 1.165) is 5.56 Å². The summed E-state index contributed by atoms with van der Waals surface area (Å²) < 4.78 is 24.3. The molecular formula is C20H18ClN3O4S. The van der Waals surface area contributed by atoms with Gasteiger partial charge < -0.3 is 14.8 Å². The predicted molar refractivity (Wildman–Crippen MR) is 112 cm³/mol. The number of para-hydroxylation sites is 1.